The summed E-state index contributed by atoms with van der Waals surface area (Å²) in [5.41, 5.74) is 0. The molecule has 0 spiro atoms. The molecule has 2 rings (SSSR count). The molecule has 1 N–H and O–H groups in total. The average Bonchev–Trinajstić information content (AvgIpc) is 2.47. The second-order valence-corrected chi connectivity index (χ2v) is 7.59. The fourth-order valence-corrected chi connectivity index (χ4v) is 3.95. The summed E-state index contributed by atoms with van der Waals surface area (Å²) in [6.45, 7) is 9.80. The molecule has 3 heteroatoms. The van der Waals surface area contributed by atoms with Crippen LogP contribution in [0.25, 0.3) is 0 Å². The zero-order chi connectivity index (χ0) is 15.2. The number of nitrogens with one attached hydrogen (secondary N) is 1. The maximum Gasteiger partial charge on any atom is 0.222 e. The molecule has 2 unspecified atom stereocenters. The van der Waals surface area contributed by atoms with Gasteiger partial charge in [-0.2, -0.15) is 0 Å². The normalized spacial score (nSPS) is 28.8. The smallest absolute Gasteiger partial charge is 0.222 e. The third kappa shape index (κ3) is 5.28. The summed E-state index contributed by atoms with van der Waals surface area (Å²) in [6.07, 6.45) is 9.49. The number of hydrogen-bond donors (Lipinski definition) is 1. The highest BCUT2D eigenvalue weighted by Crippen LogP contribution is 2.27. The van der Waals surface area contributed by atoms with E-state index in [0.29, 0.717) is 6.04 Å². The zero-order valence-corrected chi connectivity index (χ0v) is 14.2. The van der Waals surface area contributed by atoms with Crippen LogP contribution < -0.4 is 5.32 Å². The number of carbonyl (C=O) groups excluding carboxylic acids is 1. The molecule has 0 aromatic heterocycles. The van der Waals surface area contributed by atoms with Gasteiger partial charge >= 0.3 is 0 Å². The monoisotopic (exact) mass is 294 g/mol. The predicted molar refractivity (Wildman–Crippen MR) is 88.2 cm³/mol. The van der Waals surface area contributed by atoms with Crippen LogP contribution in [0.15, 0.2) is 0 Å². The van der Waals surface area contributed by atoms with Crippen LogP contribution in [0.2, 0.25) is 0 Å². The number of likely N-dealkylation sites (tertiary alicyclic amines) is 1. The summed E-state index contributed by atoms with van der Waals surface area (Å²) < 4.78 is 0. The van der Waals surface area contributed by atoms with Crippen LogP contribution in [0.4, 0.5) is 0 Å². The van der Waals surface area contributed by atoms with Crippen molar-refractivity contribution in [1.29, 1.82) is 0 Å². The Hall–Kier alpha value is -0.570. The molecular weight excluding hydrogens is 260 g/mol. The Balaban J connectivity index is 1.86. The Morgan fingerprint density at radius 1 is 1.14 bits per heavy atom. The van der Waals surface area contributed by atoms with E-state index in [1.807, 2.05) is 13.8 Å². The van der Waals surface area contributed by atoms with Gasteiger partial charge in [0, 0.05) is 31.6 Å². The van der Waals surface area contributed by atoms with Gasteiger partial charge in [-0.25, -0.2) is 0 Å². The van der Waals surface area contributed by atoms with E-state index in [4.69, 9.17) is 0 Å². The van der Waals surface area contributed by atoms with Gasteiger partial charge in [0.15, 0.2) is 0 Å². The van der Waals surface area contributed by atoms with Crippen molar-refractivity contribution in [3.8, 4) is 0 Å². The Kier molecular flexibility index (Phi) is 6.53. The van der Waals surface area contributed by atoms with Gasteiger partial charge in [0.1, 0.15) is 0 Å². The molecule has 0 radical (unpaired) electrons. The van der Waals surface area contributed by atoms with Crippen LogP contribution in [0.3, 0.4) is 0 Å². The molecule has 0 aromatic rings. The van der Waals surface area contributed by atoms with Gasteiger partial charge in [-0.15, -0.1) is 0 Å². The molecule has 122 valence electrons. The first-order valence-electron chi connectivity index (χ1n) is 9.11. The van der Waals surface area contributed by atoms with Gasteiger partial charge in [-0.1, -0.05) is 46.5 Å². The van der Waals surface area contributed by atoms with Gasteiger partial charge < -0.3 is 10.2 Å². The van der Waals surface area contributed by atoms with Crippen LogP contribution >= 0.6 is 0 Å². The third-order valence-corrected chi connectivity index (χ3v) is 5.30. The molecule has 2 atom stereocenters. The Bertz CT molecular complexity index is 323. The van der Waals surface area contributed by atoms with Gasteiger partial charge in [-0.05, 0) is 31.1 Å². The number of piperidine rings is 1. The van der Waals surface area contributed by atoms with Crippen molar-refractivity contribution in [3.63, 3.8) is 0 Å². The SMILES string of the molecule is CCC1CC(NC(=O)C(C)C)CN(CC2CCCCC2)C1. The minimum atomic E-state index is 0.0961. The molecule has 3 nitrogen and oxygen atoms in total. The molecule has 1 aliphatic heterocycles. The van der Waals surface area contributed by atoms with Crippen molar-refractivity contribution in [1.82, 2.24) is 10.2 Å². The lowest BCUT2D eigenvalue weighted by molar-refractivity contribution is -0.125. The Morgan fingerprint density at radius 3 is 2.48 bits per heavy atom. The highest BCUT2D eigenvalue weighted by molar-refractivity contribution is 5.78. The van der Waals surface area contributed by atoms with Crippen LogP contribution in [-0.4, -0.2) is 36.5 Å². The number of rotatable bonds is 5. The fourth-order valence-electron chi connectivity index (χ4n) is 3.95. The first-order chi connectivity index (χ1) is 10.1. The number of amides is 1. The summed E-state index contributed by atoms with van der Waals surface area (Å²) in [5, 5.41) is 3.27. The summed E-state index contributed by atoms with van der Waals surface area (Å²) in [6, 6.07) is 0.363. The van der Waals surface area contributed by atoms with Crippen LogP contribution in [0.5, 0.6) is 0 Å². The van der Waals surface area contributed by atoms with Gasteiger partial charge in [0.25, 0.3) is 0 Å². The van der Waals surface area contributed by atoms with Gasteiger partial charge in [0.2, 0.25) is 5.91 Å². The lowest BCUT2D eigenvalue weighted by Gasteiger charge is -2.40. The number of hydrogen-bond acceptors (Lipinski definition) is 2. The summed E-state index contributed by atoms with van der Waals surface area (Å²) in [4.78, 5) is 14.6. The molecule has 1 heterocycles. The first-order valence-corrected chi connectivity index (χ1v) is 9.11. The lowest BCUT2D eigenvalue weighted by Crippen LogP contribution is -2.52. The highest BCUT2D eigenvalue weighted by atomic mass is 16.1. The maximum absolute atomic E-state index is 12.0. The molecule has 21 heavy (non-hydrogen) atoms. The standard InChI is InChI=1S/C18H34N2O/c1-4-15-10-17(19-18(21)14(2)3)13-20(11-15)12-16-8-6-5-7-9-16/h14-17H,4-13H2,1-3H3,(H,19,21). The van der Waals surface area contributed by atoms with Crippen molar-refractivity contribution in [2.75, 3.05) is 19.6 Å². The van der Waals surface area contributed by atoms with E-state index >= 15 is 0 Å². The molecule has 1 saturated carbocycles. The van der Waals surface area contributed by atoms with E-state index in [2.05, 4.69) is 17.1 Å². The fraction of sp³-hybridized carbons (Fsp3) is 0.944. The molecule has 1 amide bonds. The van der Waals surface area contributed by atoms with Crippen molar-refractivity contribution in [2.45, 2.75) is 71.8 Å². The quantitative estimate of drug-likeness (QED) is 0.842. The minimum absolute atomic E-state index is 0.0961. The van der Waals surface area contributed by atoms with E-state index in [1.165, 1.54) is 51.6 Å². The second kappa shape index (κ2) is 8.17. The molecule has 1 saturated heterocycles. The second-order valence-electron chi connectivity index (χ2n) is 7.59. The van der Waals surface area contributed by atoms with E-state index < -0.39 is 0 Å². The Morgan fingerprint density at radius 2 is 1.86 bits per heavy atom. The maximum atomic E-state index is 12.0. The van der Waals surface area contributed by atoms with Crippen LogP contribution in [0, 0.1) is 17.8 Å². The summed E-state index contributed by atoms with van der Waals surface area (Å²) >= 11 is 0. The zero-order valence-electron chi connectivity index (χ0n) is 14.2. The predicted octanol–water partition coefficient (Wildman–Crippen LogP) is 3.44. The van der Waals surface area contributed by atoms with Crippen LogP contribution in [0.1, 0.15) is 65.7 Å². The van der Waals surface area contributed by atoms with Gasteiger partial charge in [0.05, 0.1) is 0 Å². The van der Waals surface area contributed by atoms with Crippen molar-refractivity contribution < 1.29 is 4.79 Å². The largest absolute Gasteiger partial charge is 0.352 e. The molecule has 0 aromatic carbocycles. The molecule has 1 aliphatic carbocycles. The molecule has 2 fully saturated rings. The van der Waals surface area contributed by atoms with Crippen molar-refractivity contribution in [2.24, 2.45) is 17.8 Å². The van der Waals surface area contributed by atoms with Crippen LogP contribution in [-0.2, 0) is 4.79 Å². The van der Waals surface area contributed by atoms with Crippen molar-refractivity contribution in [3.05, 3.63) is 0 Å². The summed E-state index contributed by atoms with van der Waals surface area (Å²) in [5.74, 6) is 1.96. The van der Waals surface area contributed by atoms with E-state index in [-0.39, 0.29) is 11.8 Å². The number of nitrogens with zero attached hydrogens (tertiary/aromatic N) is 1. The molecule has 0 bridgehead atoms. The molecular formula is C18H34N2O. The van der Waals surface area contributed by atoms with Gasteiger partial charge in [-0.3, -0.25) is 4.79 Å². The third-order valence-electron chi connectivity index (χ3n) is 5.30. The summed E-state index contributed by atoms with van der Waals surface area (Å²) in [7, 11) is 0. The van der Waals surface area contributed by atoms with E-state index in [9.17, 15) is 4.79 Å². The van der Waals surface area contributed by atoms with E-state index in [0.717, 1.165) is 24.8 Å². The lowest BCUT2D eigenvalue weighted by atomic mass is 9.86. The highest BCUT2D eigenvalue weighted by Gasteiger charge is 2.29. The first kappa shape index (κ1) is 16.8. The Labute approximate surface area is 130 Å². The topological polar surface area (TPSA) is 32.3 Å². The number of carbonyl (C=O) groups is 1. The minimum Gasteiger partial charge on any atom is -0.352 e. The van der Waals surface area contributed by atoms with E-state index in [1.54, 1.807) is 0 Å². The molecule has 2 aliphatic rings. The average molecular weight is 294 g/mol. The van der Waals surface area contributed by atoms with Crippen molar-refractivity contribution >= 4 is 5.91 Å².